The Balaban J connectivity index is 2.54. The van der Waals surface area contributed by atoms with Crippen molar-refractivity contribution < 1.29 is 9.47 Å². The van der Waals surface area contributed by atoms with Gasteiger partial charge in [0.25, 0.3) is 0 Å². The van der Waals surface area contributed by atoms with Gasteiger partial charge < -0.3 is 9.47 Å². The average molecular weight is 357 g/mol. The van der Waals surface area contributed by atoms with E-state index in [-0.39, 0.29) is 0 Å². The van der Waals surface area contributed by atoms with Crippen molar-refractivity contribution in [2.75, 3.05) is 14.2 Å². The molecule has 0 saturated carbocycles. The van der Waals surface area contributed by atoms with Crippen molar-refractivity contribution in [3.63, 3.8) is 0 Å². The van der Waals surface area contributed by atoms with E-state index in [1.54, 1.807) is 20.3 Å². The van der Waals surface area contributed by atoms with Gasteiger partial charge in [-0.2, -0.15) is 10.5 Å². The summed E-state index contributed by atoms with van der Waals surface area (Å²) in [5, 5.41) is 18.8. The molecule has 0 aromatic heterocycles. The van der Waals surface area contributed by atoms with Crippen LogP contribution in [-0.4, -0.2) is 14.2 Å². The topological polar surface area (TPSA) is 66.0 Å². The summed E-state index contributed by atoms with van der Waals surface area (Å²) in [7, 11) is 3.13. The highest BCUT2D eigenvalue weighted by Gasteiger charge is 2.19. The van der Waals surface area contributed by atoms with E-state index in [1.165, 1.54) is 51.4 Å². The Morgan fingerprint density at radius 1 is 0.808 bits per heavy atom. The first kappa shape index (κ1) is 21.8. The van der Waals surface area contributed by atoms with Crippen LogP contribution in [0.25, 0.3) is 0 Å². The van der Waals surface area contributed by atoms with Crippen molar-refractivity contribution >= 4 is 0 Å². The zero-order chi connectivity index (χ0) is 19.2. The van der Waals surface area contributed by atoms with Gasteiger partial charge in [0.15, 0.2) is 11.5 Å². The van der Waals surface area contributed by atoms with E-state index < -0.39 is 0 Å². The van der Waals surface area contributed by atoms with Crippen molar-refractivity contribution in [1.82, 2.24) is 0 Å². The molecular weight excluding hydrogens is 324 g/mol. The molecule has 0 N–H and O–H groups in total. The van der Waals surface area contributed by atoms with Crippen LogP contribution in [0.4, 0.5) is 0 Å². The summed E-state index contributed by atoms with van der Waals surface area (Å²) in [6.45, 7) is 2.24. The lowest BCUT2D eigenvalue weighted by atomic mass is 9.95. The number of hydrogen-bond acceptors (Lipinski definition) is 4. The van der Waals surface area contributed by atoms with E-state index in [1.807, 2.05) is 0 Å². The first-order valence-electron chi connectivity index (χ1n) is 9.81. The Hall–Kier alpha value is -2.20. The van der Waals surface area contributed by atoms with Gasteiger partial charge in [-0.3, -0.25) is 0 Å². The Bertz CT molecular complexity index is 627. The van der Waals surface area contributed by atoms with Crippen molar-refractivity contribution in [2.24, 2.45) is 0 Å². The van der Waals surface area contributed by atoms with Crippen LogP contribution in [0.5, 0.6) is 11.5 Å². The minimum Gasteiger partial charge on any atom is -0.493 e. The molecule has 1 aromatic carbocycles. The van der Waals surface area contributed by atoms with Gasteiger partial charge in [0.1, 0.15) is 12.1 Å². The molecule has 26 heavy (non-hydrogen) atoms. The predicted molar refractivity (Wildman–Crippen MR) is 105 cm³/mol. The average Bonchev–Trinajstić information content (AvgIpc) is 2.67. The van der Waals surface area contributed by atoms with E-state index >= 15 is 0 Å². The van der Waals surface area contributed by atoms with Crippen LogP contribution >= 0.6 is 0 Å². The highest BCUT2D eigenvalue weighted by Crippen LogP contribution is 2.36. The zero-order valence-electron chi connectivity index (χ0n) is 16.6. The van der Waals surface area contributed by atoms with Crippen molar-refractivity contribution in [3.05, 3.63) is 22.8 Å². The van der Waals surface area contributed by atoms with E-state index in [9.17, 15) is 10.5 Å². The molecule has 4 heteroatoms. The normalized spacial score (nSPS) is 10.2. The monoisotopic (exact) mass is 356 g/mol. The summed E-state index contributed by atoms with van der Waals surface area (Å²) >= 11 is 0. The summed E-state index contributed by atoms with van der Waals surface area (Å²) in [5.74, 6) is 1.10. The minimum atomic E-state index is 0.354. The van der Waals surface area contributed by atoms with E-state index in [0.29, 0.717) is 22.6 Å². The van der Waals surface area contributed by atoms with Gasteiger partial charge in [0, 0.05) is 11.6 Å². The van der Waals surface area contributed by atoms with Crippen LogP contribution in [0.3, 0.4) is 0 Å². The highest BCUT2D eigenvalue weighted by atomic mass is 16.5. The predicted octanol–water partition coefficient (Wildman–Crippen LogP) is 5.91. The second-order valence-electron chi connectivity index (χ2n) is 6.67. The molecular formula is C22H32N2O2. The number of hydrogen-bond donors (Lipinski definition) is 0. The van der Waals surface area contributed by atoms with Gasteiger partial charge in [0.2, 0.25) is 0 Å². The number of benzene rings is 1. The van der Waals surface area contributed by atoms with Gasteiger partial charge in [-0.15, -0.1) is 0 Å². The van der Waals surface area contributed by atoms with Crippen molar-refractivity contribution in [2.45, 2.75) is 77.6 Å². The number of rotatable bonds is 13. The quantitative estimate of drug-likeness (QED) is 0.412. The van der Waals surface area contributed by atoms with Gasteiger partial charge in [-0.05, 0) is 12.8 Å². The van der Waals surface area contributed by atoms with Crippen LogP contribution in [0.15, 0.2) is 6.07 Å². The molecule has 0 fully saturated rings. The lowest BCUT2D eigenvalue weighted by Gasteiger charge is -2.15. The fourth-order valence-corrected chi connectivity index (χ4v) is 3.31. The second kappa shape index (κ2) is 13.1. The van der Waals surface area contributed by atoms with Gasteiger partial charge in [-0.1, -0.05) is 64.7 Å². The van der Waals surface area contributed by atoms with Gasteiger partial charge in [-0.25, -0.2) is 0 Å². The lowest BCUT2D eigenvalue weighted by molar-refractivity contribution is 0.351. The number of ether oxygens (including phenoxy) is 2. The summed E-state index contributed by atoms with van der Waals surface area (Å²) in [6, 6.07) is 5.85. The minimum absolute atomic E-state index is 0.354. The third-order valence-electron chi connectivity index (χ3n) is 4.78. The molecule has 142 valence electrons. The first-order valence-corrected chi connectivity index (χ1v) is 9.81. The second-order valence-corrected chi connectivity index (χ2v) is 6.67. The largest absolute Gasteiger partial charge is 0.493 e. The van der Waals surface area contributed by atoms with Crippen LogP contribution < -0.4 is 9.47 Å². The third kappa shape index (κ3) is 6.60. The SMILES string of the molecule is CCCCCCCCCCCCc1c(C#N)c(C#N)cc(OC)c1OC. The molecule has 0 bridgehead atoms. The maximum Gasteiger partial charge on any atom is 0.165 e. The Labute approximate surface area is 158 Å². The molecule has 0 atom stereocenters. The molecule has 0 aliphatic rings. The smallest absolute Gasteiger partial charge is 0.165 e. The van der Waals surface area contributed by atoms with Crippen molar-refractivity contribution in [1.29, 1.82) is 10.5 Å². The molecule has 0 radical (unpaired) electrons. The number of nitrogens with zero attached hydrogens (tertiary/aromatic N) is 2. The molecule has 4 nitrogen and oxygen atoms in total. The lowest BCUT2D eigenvalue weighted by Crippen LogP contribution is -2.02. The van der Waals surface area contributed by atoms with E-state index in [0.717, 1.165) is 24.8 Å². The van der Waals surface area contributed by atoms with Crippen LogP contribution in [0.2, 0.25) is 0 Å². The van der Waals surface area contributed by atoms with Crippen molar-refractivity contribution in [3.8, 4) is 23.6 Å². The van der Waals surface area contributed by atoms with Gasteiger partial charge in [0.05, 0.1) is 25.3 Å². The third-order valence-corrected chi connectivity index (χ3v) is 4.78. The molecule has 1 aromatic rings. The molecule has 0 aliphatic carbocycles. The number of methoxy groups -OCH3 is 2. The maximum absolute atomic E-state index is 9.48. The highest BCUT2D eigenvalue weighted by molar-refractivity contribution is 5.62. The number of nitriles is 2. The standard InChI is InChI=1S/C22H32N2O2/c1-4-5-6-7-8-9-10-11-12-13-14-19-20(17-24)18(16-23)15-21(25-2)22(19)26-3/h15H,4-14H2,1-3H3. The Morgan fingerprint density at radius 2 is 1.38 bits per heavy atom. The fraction of sp³-hybridized carbons (Fsp3) is 0.636. The molecule has 0 aliphatic heterocycles. The van der Waals surface area contributed by atoms with Crippen LogP contribution in [-0.2, 0) is 6.42 Å². The van der Waals surface area contributed by atoms with Crippen LogP contribution in [0.1, 0.15) is 87.8 Å². The van der Waals surface area contributed by atoms with E-state index in [4.69, 9.17) is 9.47 Å². The summed E-state index contributed by atoms with van der Waals surface area (Å²) < 4.78 is 10.8. The molecule has 0 amide bonds. The fourth-order valence-electron chi connectivity index (χ4n) is 3.31. The molecule has 0 spiro atoms. The first-order chi connectivity index (χ1) is 12.7. The zero-order valence-corrected chi connectivity index (χ0v) is 16.6. The molecule has 0 unspecified atom stereocenters. The summed E-state index contributed by atoms with van der Waals surface area (Å²) in [4.78, 5) is 0. The maximum atomic E-state index is 9.48. The van der Waals surface area contributed by atoms with E-state index in [2.05, 4.69) is 19.1 Å². The van der Waals surface area contributed by atoms with Crippen LogP contribution in [0, 0.1) is 22.7 Å². The van der Waals surface area contributed by atoms with Gasteiger partial charge >= 0.3 is 0 Å². The molecule has 0 saturated heterocycles. The summed E-state index contributed by atoms with van der Waals surface area (Å²) in [6.07, 6.45) is 13.4. The molecule has 1 rings (SSSR count). The number of unbranched alkanes of at least 4 members (excludes halogenated alkanes) is 9. The molecule has 0 heterocycles. The Kier molecular flexibility index (Phi) is 11.0. The Morgan fingerprint density at radius 3 is 1.85 bits per heavy atom. The summed E-state index contributed by atoms with van der Waals surface area (Å²) in [5.41, 5.74) is 1.57.